The Morgan fingerprint density at radius 3 is 2.11 bits per heavy atom. The standard InChI is InChI=1S/C13H15N3O2S/c14-15-12-8-6-11(7-9-12)10-19(17,18)16-13-4-2-1-3-5-13/h1-9,15-16H,10,14H2. The summed E-state index contributed by atoms with van der Waals surface area (Å²) in [7, 11) is -3.41. The first-order valence-electron chi connectivity index (χ1n) is 5.70. The van der Waals surface area contributed by atoms with Crippen LogP contribution in [0.5, 0.6) is 0 Å². The van der Waals surface area contributed by atoms with Gasteiger partial charge in [-0.1, -0.05) is 30.3 Å². The third kappa shape index (κ3) is 3.97. The van der Waals surface area contributed by atoms with Crippen LogP contribution >= 0.6 is 0 Å². The number of hydrogen-bond acceptors (Lipinski definition) is 4. The fourth-order valence-electron chi connectivity index (χ4n) is 1.64. The Kier molecular flexibility index (Phi) is 4.03. The molecule has 0 aliphatic rings. The van der Waals surface area contributed by atoms with Gasteiger partial charge in [0.25, 0.3) is 0 Å². The molecule has 2 aromatic carbocycles. The van der Waals surface area contributed by atoms with Gasteiger partial charge in [0.1, 0.15) is 0 Å². The number of benzene rings is 2. The summed E-state index contributed by atoms with van der Waals surface area (Å²) >= 11 is 0. The minimum atomic E-state index is -3.41. The van der Waals surface area contributed by atoms with Crippen molar-refractivity contribution in [1.82, 2.24) is 0 Å². The van der Waals surface area contributed by atoms with Crippen LogP contribution in [-0.2, 0) is 15.8 Å². The van der Waals surface area contributed by atoms with Crippen molar-refractivity contribution in [3.05, 3.63) is 60.2 Å². The van der Waals surface area contributed by atoms with Crippen molar-refractivity contribution in [2.24, 2.45) is 5.84 Å². The third-order valence-corrected chi connectivity index (χ3v) is 3.78. The van der Waals surface area contributed by atoms with Crippen molar-refractivity contribution in [3.63, 3.8) is 0 Å². The smallest absolute Gasteiger partial charge is 0.236 e. The van der Waals surface area contributed by atoms with E-state index >= 15 is 0 Å². The highest BCUT2D eigenvalue weighted by Crippen LogP contribution is 2.14. The van der Waals surface area contributed by atoms with Crippen LogP contribution in [0, 0.1) is 0 Å². The quantitative estimate of drug-likeness (QED) is 0.576. The van der Waals surface area contributed by atoms with E-state index in [-0.39, 0.29) is 5.75 Å². The topological polar surface area (TPSA) is 84.2 Å². The highest BCUT2D eigenvalue weighted by Gasteiger charge is 2.11. The summed E-state index contributed by atoms with van der Waals surface area (Å²) in [6, 6.07) is 15.7. The second kappa shape index (κ2) is 5.73. The summed E-state index contributed by atoms with van der Waals surface area (Å²) in [4.78, 5) is 0. The van der Waals surface area contributed by atoms with E-state index < -0.39 is 10.0 Å². The van der Waals surface area contributed by atoms with Crippen LogP contribution in [-0.4, -0.2) is 8.42 Å². The van der Waals surface area contributed by atoms with Gasteiger partial charge in [-0.25, -0.2) is 8.42 Å². The summed E-state index contributed by atoms with van der Waals surface area (Å²) in [5.74, 6) is 5.17. The van der Waals surface area contributed by atoms with Crippen LogP contribution < -0.4 is 16.0 Å². The molecule has 2 aromatic rings. The molecule has 4 N–H and O–H groups in total. The van der Waals surface area contributed by atoms with Gasteiger partial charge in [-0.05, 0) is 29.8 Å². The molecule has 0 radical (unpaired) electrons. The van der Waals surface area contributed by atoms with Crippen molar-refractivity contribution in [2.45, 2.75) is 5.75 Å². The predicted octanol–water partition coefficient (Wildman–Crippen LogP) is 1.91. The van der Waals surface area contributed by atoms with Gasteiger partial charge >= 0.3 is 0 Å². The summed E-state index contributed by atoms with van der Waals surface area (Å²) in [6.07, 6.45) is 0. The minimum Gasteiger partial charge on any atom is -0.324 e. The lowest BCUT2D eigenvalue weighted by atomic mass is 10.2. The molecular weight excluding hydrogens is 262 g/mol. The molecule has 0 saturated carbocycles. The molecule has 6 heteroatoms. The first-order chi connectivity index (χ1) is 9.09. The molecular formula is C13H15N3O2S. The van der Waals surface area contributed by atoms with Crippen molar-refractivity contribution in [3.8, 4) is 0 Å². The Balaban J connectivity index is 2.08. The molecule has 0 aliphatic carbocycles. The molecule has 0 amide bonds. The second-order valence-electron chi connectivity index (χ2n) is 4.07. The first kappa shape index (κ1) is 13.4. The van der Waals surface area contributed by atoms with Gasteiger partial charge < -0.3 is 5.43 Å². The van der Waals surface area contributed by atoms with Crippen molar-refractivity contribution in [2.75, 3.05) is 10.1 Å². The fraction of sp³-hybridized carbons (Fsp3) is 0.0769. The predicted molar refractivity (Wildman–Crippen MR) is 76.9 cm³/mol. The van der Waals surface area contributed by atoms with Gasteiger partial charge in [-0.2, -0.15) is 0 Å². The number of rotatable bonds is 5. The third-order valence-electron chi connectivity index (χ3n) is 2.52. The average Bonchev–Trinajstić information content (AvgIpc) is 2.39. The van der Waals surface area contributed by atoms with E-state index in [0.717, 1.165) is 5.69 Å². The Labute approximate surface area is 112 Å². The largest absolute Gasteiger partial charge is 0.324 e. The van der Waals surface area contributed by atoms with Crippen LogP contribution in [0.1, 0.15) is 5.56 Å². The number of para-hydroxylation sites is 1. The summed E-state index contributed by atoms with van der Waals surface area (Å²) in [5.41, 5.74) is 4.48. The van der Waals surface area contributed by atoms with E-state index in [0.29, 0.717) is 11.3 Å². The molecule has 0 atom stereocenters. The van der Waals surface area contributed by atoms with Crippen molar-refractivity contribution < 1.29 is 8.42 Å². The Morgan fingerprint density at radius 1 is 0.895 bits per heavy atom. The lowest BCUT2D eigenvalue weighted by Gasteiger charge is -2.08. The average molecular weight is 277 g/mol. The molecule has 0 unspecified atom stereocenters. The lowest BCUT2D eigenvalue weighted by molar-refractivity contribution is 0.600. The van der Waals surface area contributed by atoms with Gasteiger partial charge in [0.05, 0.1) is 5.75 Å². The van der Waals surface area contributed by atoms with E-state index in [4.69, 9.17) is 5.84 Å². The van der Waals surface area contributed by atoms with Crippen LogP contribution in [0.3, 0.4) is 0 Å². The SMILES string of the molecule is NNc1ccc(CS(=O)(=O)Nc2ccccc2)cc1. The Hall–Kier alpha value is -2.05. The van der Waals surface area contributed by atoms with E-state index in [2.05, 4.69) is 10.1 Å². The molecule has 100 valence electrons. The fourth-order valence-corrected chi connectivity index (χ4v) is 2.84. The molecule has 0 aromatic heterocycles. The van der Waals surface area contributed by atoms with Gasteiger partial charge in [0.15, 0.2) is 0 Å². The molecule has 0 spiro atoms. The summed E-state index contributed by atoms with van der Waals surface area (Å²) in [5, 5.41) is 0. The lowest BCUT2D eigenvalue weighted by Crippen LogP contribution is -2.15. The maximum Gasteiger partial charge on any atom is 0.236 e. The van der Waals surface area contributed by atoms with Crippen LogP contribution in [0.15, 0.2) is 54.6 Å². The highest BCUT2D eigenvalue weighted by atomic mass is 32.2. The Bertz CT molecular complexity index is 625. The highest BCUT2D eigenvalue weighted by molar-refractivity contribution is 7.91. The molecule has 0 saturated heterocycles. The minimum absolute atomic E-state index is 0.0766. The van der Waals surface area contributed by atoms with E-state index in [1.165, 1.54) is 0 Å². The summed E-state index contributed by atoms with van der Waals surface area (Å²) < 4.78 is 26.5. The van der Waals surface area contributed by atoms with Crippen molar-refractivity contribution >= 4 is 21.4 Å². The molecule has 5 nitrogen and oxygen atoms in total. The molecule has 19 heavy (non-hydrogen) atoms. The van der Waals surface area contributed by atoms with Crippen LogP contribution in [0.4, 0.5) is 11.4 Å². The van der Waals surface area contributed by atoms with Gasteiger partial charge in [-0.3, -0.25) is 10.6 Å². The summed E-state index contributed by atoms with van der Waals surface area (Å²) in [6.45, 7) is 0. The first-order valence-corrected chi connectivity index (χ1v) is 7.35. The van der Waals surface area contributed by atoms with Crippen LogP contribution in [0.2, 0.25) is 0 Å². The monoisotopic (exact) mass is 277 g/mol. The second-order valence-corrected chi connectivity index (χ2v) is 5.79. The van der Waals surface area contributed by atoms with E-state index in [1.807, 2.05) is 6.07 Å². The number of nitrogens with two attached hydrogens (primary N) is 1. The van der Waals surface area contributed by atoms with E-state index in [1.54, 1.807) is 48.5 Å². The zero-order valence-corrected chi connectivity index (χ0v) is 11.0. The molecule has 0 bridgehead atoms. The number of nitrogen functional groups attached to an aromatic ring is 1. The van der Waals surface area contributed by atoms with Gasteiger partial charge in [0.2, 0.25) is 10.0 Å². The number of sulfonamides is 1. The number of nitrogens with one attached hydrogen (secondary N) is 2. The van der Waals surface area contributed by atoms with Crippen LogP contribution in [0.25, 0.3) is 0 Å². The molecule has 2 rings (SSSR count). The molecule has 0 heterocycles. The van der Waals surface area contributed by atoms with Crippen molar-refractivity contribution in [1.29, 1.82) is 0 Å². The number of hydrogen-bond donors (Lipinski definition) is 3. The maximum absolute atomic E-state index is 12.0. The molecule has 0 aliphatic heterocycles. The van der Waals surface area contributed by atoms with E-state index in [9.17, 15) is 8.42 Å². The number of hydrazine groups is 1. The molecule has 0 fully saturated rings. The zero-order valence-electron chi connectivity index (χ0n) is 10.2. The Morgan fingerprint density at radius 2 is 1.53 bits per heavy atom. The van der Waals surface area contributed by atoms with Gasteiger partial charge in [0, 0.05) is 11.4 Å². The van der Waals surface area contributed by atoms with Gasteiger partial charge in [-0.15, -0.1) is 0 Å². The maximum atomic E-state index is 12.0. The zero-order chi connectivity index (χ0) is 13.7. The number of anilines is 2. The normalized spacial score (nSPS) is 11.0.